The Labute approximate surface area is 207 Å². The van der Waals surface area contributed by atoms with Gasteiger partial charge >= 0.3 is 6.09 Å². The number of fused-ring (bicyclic) bond motifs is 1. The zero-order valence-corrected chi connectivity index (χ0v) is 20.6. The normalized spacial score (nSPS) is 18.7. The van der Waals surface area contributed by atoms with Gasteiger partial charge in [-0.3, -0.25) is 9.69 Å². The molecule has 0 radical (unpaired) electrons. The van der Waals surface area contributed by atoms with Crippen molar-refractivity contribution in [2.75, 3.05) is 19.6 Å². The molecule has 0 aliphatic carbocycles. The van der Waals surface area contributed by atoms with Gasteiger partial charge in [0.25, 0.3) is 5.91 Å². The summed E-state index contributed by atoms with van der Waals surface area (Å²) in [5.41, 5.74) is 5.35. The average Bonchev–Trinajstić information content (AvgIpc) is 2.77. The number of nitrogens with zero attached hydrogens (tertiary/aromatic N) is 3. The highest BCUT2D eigenvalue weighted by atomic mass is 35.5. The molecule has 1 saturated heterocycles. The van der Waals surface area contributed by atoms with Crippen molar-refractivity contribution in [1.29, 1.82) is 0 Å². The van der Waals surface area contributed by atoms with E-state index in [9.17, 15) is 9.59 Å². The molecule has 2 amide bonds. The number of amides is 2. The number of carbonyl (C=O) groups excluding carboxylic acids is 2. The van der Waals surface area contributed by atoms with Crippen LogP contribution in [0.25, 0.3) is 22.2 Å². The fourth-order valence-electron chi connectivity index (χ4n) is 3.96. The highest BCUT2D eigenvalue weighted by Crippen LogP contribution is 2.35. The molecule has 0 saturated carbocycles. The van der Waals surface area contributed by atoms with Gasteiger partial charge in [0, 0.05) is 40.6 Å². The first-order valence-corrected chi connectivity index (χ1v) is 11.5. The van der Waals surface area contributed by atoms with Crippen molar-refractivity contribution in [3.8, 4) is 11.3 Å². The largest absolute Gasteiger partial charge is 0.444 e. The highest BCUT2D eigenvalue weighted by Gasteiger charge is 2.52. The standard InChI is InChI=1S/C24H25Cl2N5O3/c1-23(2,3)34-22(33)31-11-10-28-13-24(31,20(27)32)21-29-18-12-16(26)8-9-17(18)19(30-21)14-4-6-15(25)7-5-14/h4-9,12,28H,10-11,13H2,1-3H3,(H2,27,32). The Hall–Kier alpha value is -2.94. The topological polar surface area (TPSA) is 110 Å². The molecule has 2 aromatic carbocycles. The van der Waals surface area contributed by atoms with Crippen LogP contribution in [0.3, 0.4) is 0 Å². The van der Waals surface area contributed by atoms with E-state index in [0.717, 1.165) is 10.9 Å². The predicted molar refractivity (Wildman–Crippen MR) is 132 cm³/mol. The molecule has 1 aromatic heterocycles. The quantitative estimate of drug-likeness (QED) is 0.558. The van der Waals surface area contributed by atoms with Gasteiger partial charge in [-0.2, -0.15) is 0 Å². The summed E-state index contributed by atoms with van der Waals surface area (Å²) in [7, 11) is 0. The van der Waals surface area contributed by atoms with E-state index in [1.807, 2.05) is 18.2 Å². The number of ether oxygens (including phenoxy) is 1. The van der Waals surface area contributed by atoms with E-state index in [-0.39, 0.29) is 18.9 Å². The Morgan fingerprint density at radius 3 is 2.41 bits per heavy atom. The zero-order chi connectivity index (χ0) is 24.7. The zero-order valence-electron chi connectivity index (χ0n) is 19.1. The maximum Gasteiger partial charge on any atom is 0.411 e. The van der Waals surface area contributed by atoms with Crippen LogP contribution in [0.15, 0.2) is 42.5 Å². The molecule has 3 aromatic rings. The van der Waals surface area contributed by atoms with Crippen molar-refractivity contribution in [1.82, 2.24) is 20.2 Å². The maximum absolute atomic E-state index is 13.2. The van der Waals surface area contributed by atoms with Gasteiger partial charge in [-0.15, -0.1) is 0 Å². The summed E-state index contributed by atoms with van der Waals surface area (Å²) in [6, 6.07) is 12.4. The molecule has 8 nitrogen and oxygen atoms in total. The van der Waals surface area contributed by atoms with Crippen LogP contribution in [0, 0.1) is 0 Å². The molecule has 10 heteroatoms. The van der Waals surface area contributed by atoms with Crippen molar-refractivity contribution >= 4 is 46.1 Å². The minimum atomic E-state index is -1.67. The lowest BCUT2D eigenvalue weighted by atomic mass is 9.92. The van der Waals surface area contributed by atoms with E-state index in [2.05, 4.69) is 10.3 Å². The Morgan fingerprint density at radius 1 is 1.09 bits per heavy atom. The molecule has 178 valence electrons. The first kappa shape index (κ1) is 24.2. The molecular weight excluding hydrogens is 477 g/mol. The number of halogens is 2. The van der Waals surface area contributed by atoms with Crippen molar-refractivity contribution in [3.05, 3.63) is 58.3 Å². The highest BCUT2D eigenvalue weighted by molar-refractivity contribution is 6.31. The summed E-state index contributed by atoms with van der Waals surface area (Å²) < 4.78 is 5.60. The third kappa shape index (κ3) is 4.53. The van der Waals surface area contributed by atoms with Gasteiger partial charge in [-0.1, -0.05) is 35.3 Å². The number of nitrogens with two attached hydrogens (primary N) is 1. The van der Waals surface area contributed by atoms with Gasteiger partial charge in [0.1, 0.15) is 5.60 Å². The third-order valence-corrected chi connectivity index (χ3v) is 6.01. The van der Waals surface area contributed by atoms with Crippen LogP contribution in [0.1, 0.15) is 26.6 Å². The number of primary amides is 1. The van der Waals surface area contributed by atoms with E-state index in [4.69, 9.17) is 38.7 Å². The number of aromatic nitrogens is 2. The molecular formula is C24H25Cl2N5O3. The Kier molecular flexibility index (Phi) is 6.42. The molecule has 0 bridgehead atoms. The number of hydrogen-bond donors (Lipinski definition) is 2. The smallest absolute Gasteiger partial charge is 0.411 e. The summed E-state index contributed by atoms with van der Waals surface area (Å²) in [6.07, 6.45) is -0.671. The molecule has 1 atom stereocenters. The fraction of sp³-hybridized carbons (Fsp3) is 0.333. The van der Waals surface area contributed by atoms with E-state index in [0.29, 0.717) is 27.8 Å². The number of hydrogen-bond acceptors (Lipinski definition) is 6. The van der Waals surface area contributed by atoms with Gasteiger partial charge < -0.3 is 15.8 Å². The Morgan fingerprint density at radius 2 is 1.76 bits per heavy atom. The van der Waals surface area contributed by atoms with Crippen LogP contribution >= 0.6 is 23.2 Å². The van der Waals surface area contributed by atoms with Gasteiger partial charge in [0.15, 0.2) is 11.4 Å². The molecule has 1 fully saturated rings. The Bertz CT molecular complexity index is 1260. The first-order valence-electron chi connectivity index (χ1n) is 10.8. The summed E-state index contributed by atoms with van der Waals surface area (Å²) in [6.45, 7) is 5.95. The van der Waals surface area contributed by atoms with Crippen LogP contribution in [0.2, 0.25) is 10.0 Å². The fourth-order valence-corrected chi connectivity index (χ4v) is 4.25. The molecule has 1 unspecified atom stereocenters. The number of piperazine rings is 1. The minimum Gasteiger partial charge on any atom is -0.444 e. The number of carbonyl (C=O) groups is 2. The SMILES string of the molecule is CC(C)(C)OC(=O)N1CCNCC1(C(N)=O)c1nc(-c2ccc(Cl)cc2)c2ccc(Cl)cc2n1. The third-order valence-electron chi connectivity index (χ3n) is 5.52. The average molecular weight is 502 g/mol. The number of rotatable bonds is 3. The monoisotopic (exact) mass is 501 g/mol. The van der Waals surface area contributed by atoms with Gasteiger partial charge in [-0.05, 0) is 51.1 Å². The Balaban J connectivity index is 1.97. The van der Waals surface area contributed by atoms with Gasteiger partial charge in [0.05, 0.1) is 11.2 Å². The lowest BCUT2D eigenvalue weighted by Gasteiger charge is -2.44. The summed E-state index contributed by atoms with van der Waals surface area (Å²) in [5.74, 6) is -0.688. The number of benzene rings is 2. The van der Waals surface area contributed by atoms with Gasteiger partial charge in [-0.25, -0.2) is 14.8 Å². The van der Waals surface area contributed by atoms with Crippen LogP contribution in [0.4, 0.5) is 4.79 Å². The van der Waals surface area contributed by atoms with E-state index in [1.165, 1.54) is 4.90 Å². The van der Waals surface area contributed by atoms with Crippen LogP contribution < -0.4 is 11.1 Å². The molecule has 0 spiro atoms. The minimum absolute atomic E-state index is 0.0354. The lowest BCUT2D eigenvalue weighted by Crippen LogP contribution is -2.67. The van der Waals surface area contributed by atoms with E-state index < -0.39 is 23.1 Å². The molecule has 4 rings (SSSR count). The van der Waals surface area contributed by atoms with Crippen LogP contribution in [-0.4, -0.2) is 52.1 Å². The summed E-state index contributed by atoms with van der Waals surface area (Å²) in [4.78, 5) is 37.0. The van der Waals surface area contributed by atoms with E-state index in [1.54, 1.807) is 45.0 Å². The van der Waals surface area contributed by atoms with Crippen LogP contribution in [0.5, 0.6) is 0 Å². The first-order chi connectivity index (χ1) is 16.0. The second-order valence-electron chi connectivity index (χ2n) is 9.10. The second-order valence-corrected chi connectivity index (χ2v) is 9.97. The van der Waals surface area contributed by atoms with Gasteiger partial charge in [0.2, 0.25) is 0 Å². The predicted octanol–water partition coefficient (Wildman–Crippen LogP) is 4.12. The summed E-state index contributed by atoms with van der Waals surface area (Å²) in [5, 5.41) is 4.93. The van der Waals surface area contributed by atoms with E-state index >= 15 is 0 Å². The van der Waals surface area contributed by atoms with Crippen molar-refractivity contribution in [2.24, 2.45) is 5.73 Å². The second kappa shape index (κ2) is 9.02. The molecule has 1 aliphatic rings. The van der Waals surface area contributed by atoms with Crippen molar-refractivity contribution < 1.29 is 14.3 Å². The van der Waals surface area contributed by atoms with Crippen molar-refractivity contribution in [3.63, 3.8) is 0 Å². The molecule has 1 aliphatic heterocycles. The maximum atomic E-state index is 13.2. The molecule has 34 heavy (non-hydrogen) atoms. The number of nitrogens with one attached hydrogen (secondary N) is 1. The lowest BCUT2D eigenvalue weighted by molar-refractivity contribution is -0.132. The molecule has 2 heterocycles. The molecule has 3 N–H and O–H groups in total. The van der Waals surface area contributed by atoms with Crippen molar-refractivity contribution in [2.45, 2.75) is 31.9 Å². The summed E-state index contributed by atoms with van der Waals surface area (Å²) >= 11 is 12.3. The van der Waals surface area contributed by atoms with Crippen LogP contribution in [-0.2, 0) is 15.1 Å².